The van der Waals surface area contributed by atoms with E-state index in [0.717, 1.165) is 45.4 Å². The molecule has 0 aromatic heterocycles. The molecule has 0 aromatic carbocycles. The number of rotatable bonds is 11. The van der Waals surface area contributed by atoms with Gasteiger partial charge in [0.25, 0.3) is 0 Å². The topological polar surface area (TPSA) is 47.7 Å². The molecule has 0 heterocycles. The van der Waals surface area contributed by atoms with E-state index in [1.165, 1.54) is 32.2 Å². The smallest absolute Gasteiger partial charge is 0.0589 e. The summed E-state index contributed by atoms with van der Waals surface area (Å²) >= 11 is 0. The van der Waals surface area contributed by atoms with Crippen LogP contribution in [0.2, 0.25) is 0 Å². The lowest BCUT2D eigenvalue weighted by molar-refractivity contribution is 0.0230. The molecule has 0 radical (unpaired) electrons. The minimum Gasteiger partial charge on any atom is -0.383 e. The Bertz CT molecular complexity index is 219. The Morgan fingerprint density at radius 3 is 2.35 bits per heavy atom. The molecule has 1 rings (SSSR count). The first-order valence-electron chi connectivity index (χ1n) is 8.27. The first kappa shape index (κ1) is 17.9. The Morgan fingerprint density at radius 2 is 1.65 bits per heavy atom. The lowest BCUT2D eigenvalue weighted by Crippen LogP contribution is -2.30. The van der Waals surface area contributed by atoms with Gasteiger partial charge in [-0.3, -0.25) is 0 Å². The standard InChI is InChI=1S/C16H34N2O2/c1-18(12-14-19-2)11-5-3-4-6-13-20-16-9-7-15(17)8-10-16/h15-16H,3-14,17H2,1-2H3. The highest BCUT2D eigenvalue weighted by molar-refractivity contribution is 4.74. The summed E-state index contributed by atoms with van der Waals surface area (Å²) < 4.78 is 11.0. The van der Waals surface area contributed by atoms with Gasteiger partial charge in [-0.2, -0.15) is 0 Å². The fourth-order valence-corrected chi connectivity index (χ4v) is 2.70. The van der Waals surface area contributed by atoms with Gasteiger partial charge in [-0.1, -0.05) is 12.8 Å². The van der Waals surface area contributed by atoms with Crippen LogP contribution in [0.1, 0.15) is 51.4 Å². The first-order chi connectivity index (χ1) is 9.72. The molecule has 0 spiro atoms. The van der Waals surface area contributed by atoms with Gasteiger partial charge in [0, 0.05) is 26.3 Å². The molecule has 1 aliphatic rings. The summed E-state index contributed by atoms with van der Waals surface area (Å²) in [4.78, 5) is 2.34. The highest BCUT2D eigenvalue weighted by atomic mass is 16.5. The maximum absolute atomic E-state index is 5.93. The number of ether oxygens (including phenoxy) is 2. The van der Waals surface area contributed by atoms with E-state index in [9.17, 15) is 0 Å². The number of methoxy groups -OCH3 is 1. The van der Waals surface area contributed by atoms with E-state index >= 15 is 0 Å². The van der Waals surface area contributed by atoms with Crippen molar-refractivity contribution < 1.29 is 9.47 Å². The largest absolute Gasteiger partial charge is 0.383 e. The Morgan fingerprint density at radius 1 is 0.950 bits per heavy atom. The lowest BCUT2D eigenvalue weighted by atomic mass is 9.94. The van der Waals surface area contributed by atoms with Crippen LogP contribution in [0, 0.1) is 0 Å². The molecule has 0 atom stereocenters. The monoisotopic (exact) mass is 286 g/mol. The number of nitrogens with zero attached hydrogens (tertiary/aromatic N) is 1. The molecular formula is C16H34N2O2. The molecule has 1 aliphatic carbocycles. The van der Waals surface area contributed by atoms with Gasteiger partial charge in [-0.15, -0.1) is 0 Å². The molecule has 1 fully saturated rings. The van der Waals surface area contributed by atoms with Crippen molar-refractivity contribution in [1.29, 1.82) is 0 Å². The molecule has 0 aliphatic heterocycles. The fraction of sp³-hybridized carbons (Fsp3) is 1.00. The van der Waals surface area contributed by atoms with Crippen LogP contribution in [0.15, 0.2) is 0 Å². The van der Waals surface area contributed by atoms with Crippen molar-refractivity contribution >= 4 is 0 Å². The van der Waals surface area contributed by atoms with Crippen LogP contribution < -0.4 is 5.73 Å². The van der Waals surface area contributed by atoms with Crippen molar-refractivity contribution in [1.82, 2.24) is 4.90 Å². The highest BCUT2D eigenvalue weighted by Gasteiger charge is 2.18. The molecule has 1 saturated carbocycles. The summed E-state index contributed by atoms with van der Waals surface area (Å²) in [5, 5.41) is 0. The maximum atomic E-state index is 5.93. The average molecular weight is 286 g/mol. The zero-order chi connectivity index (χ0) is 14.6. The molecule has 4 heteroatoms. The second kappa shape index (κ2) is 11.5. The Kier molecular flexibility index (Phi) is 10.3. The zero-order valence-corrected chi connectivity index (χ0v) is 13.5. The van der Waals surface area contributed by atoms with Gasteiger partial charge >= 0.3 is 0 Å². The Hall–Kier alpha value is -0.160. The minimum atomic E-state index is 0.421. The predicted octanol–water partition coefficient (Wildman–Crippen LogP) is 2.41. The minimum absolute atomic E-state index is 0.421. The van der Waals surface area contributed by atoms with E-state index in [1.807, 2.05) is 0 Å². The predicted molar refractivity (Wildman–Crippen MR) is 84.0 cm³/mol. The van der Waals surface area contributed by atoms with Crippen LogP contribution in [0.5, 0.6) is 0 Å². The third kappa shape index (κ3) is 8.90. The fourth-order valence-electron chi connectivity index (χ4n) is 2.70. The molecule has 2 N–H and O–H groups in total. The Labute approximate surface area is 125 Å². The number of hydrogen-bond donors (Lipinski definition) is 1. The lowest BCUT2D eigenvalue weighted by Gasteiger charge is -2.26. The van der Waals surface area contributed by atoms with E-state index in [2.05, 4.69) is 11.9 Å². The summed E-state index contributed by atoms with van der Waals surface area (Å²) in [6.45, 7) is 3.96. The van der Waals surface area contributed by atoms with Crippen LogP contribution in [0.25, 0.3) is 0 Å². The second-order valence-electron chi connectivity index (χ2n) is 6.12. The summed E-state index contributed by atoms with van der Waals surface area (Å²) in [5.41, 5.74) is 5.89. The van der Waals surface area contributed by atoms with E-state index in [1.54, 1.807) is 7.11 Å². The van der Waals surface area contributed by atoms with Gasteiger partial charge in [0.1, 0.15) is 0 Å². The van der Waals surface area contributed by atoms with Crippen LogP contribution in [0.3, 0.4) is 0 Å². The van der Waals surface area contributed by atoms with Gasteiger partial charge in [0.05, 0.1) is 12.7 Å². The number of nitrogens with two attached hydrogens (primary N) is 1. The quantitative estimate of drug-likeness (QED) is 0.593. The number of unbranched alkanes of at least 4 members (excludes halogenated alkanes) is 3. The maximum Gasteiger partial charge on any atom is 0.0589 e. The molecule has 20 heavy (non-hydrogen) atoms. The molecule has 0 aromatic rings. The molecule has 0 unspecified atom stereocenters. The van der Waals surface area contributed by atoms with E-state index < -0.39 is 0 Å². The van der Waals surface area contributed by atoms with Gasteiger partial charge in [0.2, 0.25) is 0 Å². The van der Waals surface area contributed by atoms with Crippen molar-refractivity contribution in [2.45, 2.75) is 63.5 Å². The highest BCUT2D eigenvalue weighted by Crippen LogP contribution is 2.20. The normalized spacial score (nSPS) is 23.4. The zero-order valence-electron chi connectivity index (χ0n) is 13.5. The van der Waals surface area contributed by atoms with Crippen molar-refractivity contribution in [3.05, 3.63) is 0 Å². The summed E-state index contributed by atoms with van der Waals surface area (Å²) in [6.07, 6.45) is 10.1. The molecule has 120 valence electrons. The van der Waals surface area contributed by atoms with Crippen LogP contribution >= 0.6 is 0 Å². The van der Waals surface area contributed by atoms with Gasteiger partial charge in [0.15, 0.2) is 0 Å². The van der Waals surface area contributed by atoms with Crippen molar-refractivity contribution in [3.8, 4) is 0 Å². The summed E-state index contributed by atoms with van der Waals surface area (Å²) in [5.74, 6) is 0. The Balaban J connectivity index is 1.83. The molecular weight excluding hydrogens is 252 g/mol. The SMILES string of the molecule is COCCN(C)CCCCCCOC1CCC(N)CC1. The second-order valence-corrected chi connectivity index (χ2v) is 6.12. The first-order valence-corrected chi connectivity index (χ1v) is 8.27. The van der Waals surface area contributed by atoms with Crippen LogP contribution in [-0.2, 0) is 9.47 Å². The van der Waals surface area contributed by atoms with Crippen molar-refractivity contribution in [3.63, 3.8) is 0 Å². The van der Waals surface area contributed by atoms with Crippen molar-refractivity contribution in [2.24, 2.45) is 5.73 Å². The third-order valence-corrected chi connectivity index (χ3v) is 4.18. The molecule has 0 amide bonds. The third-order valence-electron chi connectivity index (χ3n) is 4.18. The van der Waals surface area contributed by atoms with Gasteiger partial charge < -0.3 is 20.1 Å². The molecule has 0 bridgehead atoms. The van der Waals surface area contributed by atoms with Gasteiger partial charge in [-0.05, 0) is 52.1 Å². The van der Waals surface area contributed by atoms with E-state index in [0.29, 0.717) is 12.1 Å². The van der Waals surface area contributed by atoms with E-state index in [-0.39, 0.29) is 0 Å². The number of likely N-dealkylation sites (N-methyl/N-ethyl adjacent to an activating group) is 1. The van der Waals surface area contributed by atoms with Gasteiger partial charge in [-0.25, -0.2) is 0 Å². The van der Waals surface area contributed by atoms with Crippen molar-refractivity contribution in [2.75, 3.05) is 40.5 Å². The van der Waals surface area contributed by atoms with Crippen LogP contribution in [-0.4, -0.2) is 57.5 Å². The van der Waals surface area contributed by atoms with Crippen LogP contribution in [0.4, 0.5) is 0 Å². The summed E-state index contributed by atoms with van der Waals surface area (Å²) in [7, 11) is 3.92. The molecule has 4 nitrogen and oxygen atoms in total. The average Bonchev–Trinajstić information content (AvgIpc) is 2.46. The van der Waals surface area contributed by atoms with E-state index in [4.69, 9.17) is 15.2 Å². The number of hydrogen-bond acceptors (Lipinski definition) is 4. The molecule has 0 saturated heterocycles. The summed E-state index contributed by atoms with van der Waals surface area (Å²) in [6, 6.07) is 0.421.